The molecule has 2 aliphatic rings. The van der Waals surface area contributed by atoms with Crippen LogP contribution in [0.15, 0.2) is 51.1 Å². The molecule has 1 heterocycles. The Hall–Kier alpha value is -3.33. The quantitative estimate of drug-likeness (QED) is 0.326. The molecule has 0 N–H and O–H groups in total. The van der Waals surface area contributed by atoms with Gasteiger partial charge in [-0.25, -0.2) is 0 Å². The van der Waals surface area contributed by atoms with Crippen molar-refractivity contribution in [3.63, 3.8) is 0 Å². The zero-order valence-corrected chi connectivity index (χ0v) is 24.7. The molecule has 0 fully saturated rings. The second-order valence-electron chi connectivity index (χ2n) is 9.61. The third-order valence-electron chi connectivity index (χ3n) is 7.31. The molecule has 0 radical (unpaired) electrons. The number of carbonyl (C=O) groups is 2. The van der Waals surface area contributed by atoms with Gasteiger partial charge >= 0.3 is 5.97 Å². The van der Waals surface area contributed by atoms with E-state index < -0.39 is 17.8 Å². The van der Waals surface area contributed by atoms with Gasteiger partial charge in [-0.15, -0.1) is 0 Å². The highest BCUT2D eigenvalue weighted by atomic mass is 79.9. The summed E-state index contributed by atoms with van der Waals surface area (Å²) in [5, 5.41) is 0. The van der Waals surface area contributed by atoms with Crippen LogP contribution in [0.2, 0.25) is 0 Å². The largest absolute Gasteiger partial charge is 0.493 e. The Balaban J connectivity index is 1.83. The Kier molecular flexibility index (Phi) is 9.00. The van der Waals surface area contributed by atoms with Gasteiger partial charge in [-0.3, -0.25) is 14.6 Å². The SMILES string of the molecule is CCCOC(=O)C1C(C)=NC2=C(C(=O)C[C@@H](c3ccc(OC)c(OC)c3)C2)[C@H]1c1cc(OC)c(OC)cc1Br. The number of allylic oxidation sites excluding steroid dienone is 2. The topological polar surface area (TPSA) is 92.7 Å². The lowest BCUT2D eigenvalue weighted by molar-refractivity contribution is -0.146. The van der Waals surface area contributed by atoms with E-state index in [0.717, 1.165) is 11.1 Å². The molecule has 2 aromatic rings. The maximum atomic E-state index is 13.9. The van der Waals surface area contributed by atoms with Crippen molar-refractivity contribution in [2.75, 3.05) is 35.0 Å². The standard InChI is InChI=1S/C30H34BrNO7/c1-7-10-39-30(34)27-16(2)32-21-11-18(17-8-9-23(35-3)24(13-17)36-4)12-22(33)29(21)28(27)19-14-25(37-5)26(38-6)15-20(19)31/h8-9,13-15,18,27-28H,7,10-12H2,1-6H3/t18-,27?,28-/m0/s1. The molecule has 1 aliphatic carbocycles. The van der Waals surface area contributed by atoms with Crippen molar-refractivity contribution >= 4 is 33.4 Å². The fourth-order valence-electron chi connectivity index (χ4n) is 5.44. The minimum absolute atomic E-state index is 0.0488. The molecule has 0 bridgehead atoms. The molecule has 208 valence electrons. The summed E-state index contributed by atoms with van der Waals surface area (Å²) in [4.78, 5) is 32.2. The van der Waals surface area contributed by atoms with Gasteiger partial charge in [0.05, 0.1) is 35.0 Å². The molecule has 4 rings (SSSR count). The van der Waals surface area contributed by atoms with Gasteiger partial charge in [0.15, 0.2) is 28.8 Å². The van der Waals surface area contributed by atoms with Gasteiger partial charge in [0, 0.05) is 33.8 Å². The van der Waals surface area contributed by atoms with Crippen LogP contribution in [0.25, 0.3) is 0 Å². The van der Waals surface area contributed by atoms with Crippen molar-refractivity contribution in [2.24, 2.45) is 10.9 Å². The van der Waals surface area contributed by atoms with Crippen LogP contribution in [0.1, 0.15) is 56.1 Å². The van der Waals surface area contributed by atoms with E-state index in [2.05, 4.69) is 15.9 Å². The number of hydrogen-bond acceptors (Lipinski definition) is 8. The lowest BCUT2D eigenvalue weighted by atomic mass is 9.69. The number of rotatable bonds is 9. The first-order chi connectivity index (χ1) is 18.8. The van der Waals surface area contributed by atoms with E-state index in [1.165, 1.54) is 0 Å². The molecule has 0 aromatic heterocycles. The third kappa shape index (κ3) is 5.55. The first-order valence-corrected chi connectivity index (χ1v) is 13.7. The number of aliphatic imine (C=N–C) groups is 1. The van der Waals surface area contributed by atoms with Crippen molar-refractivity contribution in [1.82, 2.24) is 0 Å². The van der Waals surface area contributed by atoms with E-state index in [1.54, 1.807) is 34.5 Å². The minimum atomic E-state index is -0.744. The molecular formula is C30H34BrNO7. The number of halogens is 1. The van der Waals surface area contributed by atoms with Crippen LogP contribution in [0.3, 0.4) is 0 Å². The zero-order valence-electron chi connectivity index (χ0n) is 23.1. The van der Waals surface area contributed by atoms with Crippen LogP contribution in [0.4, 0.5) is 0 Å². The number of carbonyl (C=O) groups excluding carboxylic acids is 2. The minimum Gasteiger partial charge on any atom is -0.493 e. The number of benzene rings is 2. The highest BCUT2D eigenvalue weighted by Gasteiger charge is 2.45. The summed E-state index contributed by atoms with van der Waals surface area (Å²) in [6, 6.07) is 9.34. The normalized spacial score (nSPS) is 20.6. The van der Waals surface area contributed by atoms with Crippen LogP contribution in [-0.2, 0) is 14.3 Å². The molecule has 2 aromatic carbocycles. The van der Waals surface area contributed by atoms with Crippen molar-refractivity contribution in [1.29, 1.82) is 0 Å². The number of Topliss-reactive ketones (excluding diaryl/α,β-unsaturated/α-hetero) is 1. The van der Waals surface area contributed by atoms with Gasteiger partial charge in [0.25, 0.3) is 0 Å². The van der Waals surface area contributed by atoms with Gasteiger partial charge in [-0.1, -0.05) is 28.9 Å². The maximum absolute atomic E-state index is 13.9. The maximum Gasteiger partial charge on any atom is 0.315 e. The van der Waals surface area contributed by atoms with Gasteiger partial charge in [0.1, 0.15) is 5.92 Å². The summed E-state index contributed by atoms with van der Waals surface area (Å²) in [6.45, 7) is 4.06. The number of ether oxygens (including phenoxy) is 5. The Morgan fingerprint density at radius 2 is 1.59 bits per heavy atom. The molecule has 9 heteroatoms. The number of nitrogens with zero attached hydrogens (tertiary/aromatic N) is 1. The number of esters is 1. The second-order valence-corrected chi connectivity index (χ2v) is 10.5. The summed E-state index contributed by atoms with van der Waals surface area (Å²) < 4.78 is 28.2. The van der Waals surface area contributed by atoms with Crippen LogP contribution < -0.4 is 18.9 Å². The van der Waals surface area contributed by atoms with Crippen LogP contribution >= 0.6 is 15.9 Å². The highest BCUT2D eigenvalue weighted by Crippen LogP contribution is 2.50. The summed E-state index contributed by atoms with van der Waals surface area (Å²) in [7, 11) is 6.30. The molecule has 3 atom stereocenters. The summed E-state index contributed by atoms with van der Waals surface area (Å²) >= 11 is 3.66. The van der Waals surface area contributed by atoms with Crippen LogP contribution in [0, 0.1) is 5.92 Å². The number of methoxy groups -OCH3 is 4. The van der Waals surface area contributed by atoms with E-state index in [4.69, 9.17) is 28.7 Å². The van der Waals surface area contributed by atoms with Crippen molar-refractivity contribution in [3.05, 3.63) is 57.2 Å². The van der Waals surface area contributed by atoms with E-state index in [1.807, 2.05) is 38.1 Å². The Bertz CT molecular complexity index is 1330. The first kappa shape index (κ1) is 28.7. The monoisotopic (exact) mass is 599 g/mol. The van der Waals surface area contributed by atoms with E-state index in [0.29, 0.717) is 63.9 Å². The van der Waals surface area contributed by atoms with E-state index in [-0.39, 0.29) is 18.1 Å². The molecule has 1 aliphatic heterocycles. The third-order valence-corrected chi connectivity index (χ3v) is 7.99. The molecule has 0 amide bonds. The molecule has 1 unspecified atom stereocenters. The molecular weight excluding hydrogens is 566 g/mol. The molecule has 39 heavy (non-hydrogen) atoms. The van der Waals surface area contributed by atoms with E-state index in [9.17, 15) is 9.59 Å². The lowest BCUT2D eigenvalue weighted by Crippen LogP contribution is -2.38. The smallest absolute Gasteiger partial charge is 0.315 e. The number of ketones is 1. The van der Waals surface area contributed by atoms with Gasteiger partial charge in [0.2, 0.25) is 0 Å². The fourth-order valence-corrected chi connectivity index (χ4v) is 6.01. The van der Waals surface area contributed by atoms with Gasteiger partial charge in [-0.05, 0) is 61.1 Å². The fraction of sp³-hybridized carbons (Fsp3) is 0.433. The van der Waals surface area contributed by atoms with Crippen LogP contribution in [0.5, 0.6) is 23.0 Å². The Labute approximate surface area is 237 Å². The lowest BCUT2D eigenvalue weighted by Gasteiger charge is -2.37. The Morgan fingerprint density at radius 3 is 2.23 bits per heavy atom. The first-order valence-electron chi connectivity index (χ1n) is 12.9. The zero-order chi connectivity index (χ0) is 28.3. The molecule has 0 saturated heterocycles. The summed E-state index contributed by atoms with van der Waals surface area (Å²) in [5.41, 5.74) is 3.56. The summed E-state index contributed by atoms with van der Waals surface area (Å²) in [5.74, 6) is 0.408. The average molecular weight is 601 g/mol. The van der Waals surface area contributed by atoms with Crippen molar-refractivity contribution in [2.45, 2.75) is 44.9 Å². The van der Waals surface area contributed by atoms with E-state index >= 15 is 0 Å². The number of hydrogen-bond donors (Lipinski definition) is 0. The predicted octanol–water partition coefficient (Wildman–Crippen LogP) is 6.01. The molecule has 8 nitrogen and oxygen atoms in total. The van der Waals surface area contributed by atoms with Crippen molar-refractivity contribution < 1.29 is 33.3 Å². The second kappa shape index (κ2) is 12.2. The summed E-state index contributed by atoms with van der Waals surface area (Å²) in [6.07, 6.45) is 1.52. The molecule has 0 saturated carbocycles. The van der Waals surface area contributed by atoms with Gasteiger partial charge < -0.3 is 23.7 Å². The van der Waals surface area contributed by atoms with Gasteiger partial charge in [-0.2, -0.15) is 0 Å². The average Bonchev–Trinajstić information content (AvgIpc) is 2.94. The predicted molar refractivity (Wildman–Crippen MR) is 151 cm³/mol. The highest BCUT2D eigenvalue weighted by molar-refractivity contribution is 9.10. The molecule has 0 spiro atoms. The van der Waals surface area contributed by atoms with Crippen molar-refractivity contribution in [3.8, 4) is 23.0 Å². The van der Waals surface area contributed by atoms with Crippen LogP contribution in [-0.4, -0.2) is 52.5 Å². The Morgan fingerprint density at radius 1 is 0.949 bits per heavy atom.